The smallest absolute Gasteiger partial charge is 0.243 e. The Morgan fingerprint density at radius 3 is 2.59 bits per heavy atom. The van der Waals surface area contributed by atoms with E-state index < -0.39 is 16.1 Å². The second-order valence-electron chi connectivity index (χ2n) is 6.98. The highest BCUT2D eigenvalue weighted by Crippen LogP contribution is 2.29. The molecule has 1 saturated carbocycles. The molecule has 1 atom stereocenters. The Balaban J connectivity index is 2.07. The van der Waals surface area contributed by atoms with E-state index in [1.54, 1.807) is 18.2 Å². The number of carbonyl (C=O) groups excluding carboxylic acids is 1. The average Bonchev–Trinajstić information content (AvgIpc) is 3.11. The van der Waals surface area contributed by atoms with Gasteiger partial charge in [-0.2, -0.15) is 11.8 Å². The molecule has 0 aromatic heterocycles. The van der Waals surface area contributed by atoms with Crippen LogP contribution in [0.4, 0.5) is 5.69 Å². The molecule has 152 valence electrons. The molecular formula is C19H29ClN2O3S2. The number of halogens is 1. The number of anilines is 1. The Labute approximate surface area is 172 Å². The normalized spacial score (nSPS) is 16.3. The summed E-state index contributed by atoms with van der Waals surface area (Å²) in [7, 11) is -3.64. The topological polar surface area (TPSA) is 66.5 Å². The van der Waals surface area contributed by atoms with Crippen LogP contribution in [0.3, 0.4) is 0 Å². The van der Waals surface area contributed by atoms with E-state index in [9.17, 15) is 13.2 Å². The van der Waals surface area contributed by atoms with Crippen LogP contribution >= 0.6 is 23.4 Å². The van der Waals surface area contributed by atoms with E-state index in [-0.39, 0.29) is 5.91 Å². The molecule has 0 unspecified atom stereocenters. The SMILES string of the molecule is CC[C@@H](C(=O)NCCSC1CCCC1)N(c1ccc(C)c(Cl)c1)S(C)(=O)=O. The van der Waals surface area contributed by atoms with Gasteiger partial charge in [0, 0.05) is 22.6 Å². The zero-order valence-electron chi connectivity index (χ0n) is 16.2. The Hall–Kier alpha value is -0.920. The molecule has 1 N–H and O–H groups in total. The summed E-state index contributed by atoms with van der Waals surface area (Å²) in [6.07, 6.45) is 6.60. The van der Waals surface area contributed by atoms with Crippen LogP contribution in [0.15, 0.2) is 18.2 Å². The van der Waals surface area contributed by atoms with Crippen molar-refractivity contribution < 1.29 is 13.2 Å². The molecule has 1 amide bonds. The highest BCUT2D eigenvalue weighted by atomic mass is 35.5. The highest BCUT2D eigenvalue weighted by molar-refractivity contribution is 7.99. The molecule has 0 saturated heterocycles. The van der Waals surface area contributed by atoms with E-state index >= 15 is 0 Å². The number of aryl methyl sites for hydroxylation is 1. The lowest BCUT2D eigenvalue weighted by molar-refractivity contribution is -0.122. The quantitative estimate of drug-likeness (QED) is 0.599. The number of thioether (sulfide) groups is 1. The summed E-state index contributed by atoms with van der Waals surface area (Å²) in [4.78, 5) is 12.7. The minimum Gasteiger partial charge on any atom is -0.353 e. The van der Waals surface area contributed by atoms with Crippen LogP contribution < -0.4 is 9.62 Å². The lowest BCUT2D eigenvalue weighted by atomic mass is 10.1. The summed E-state index contributed by atoms with van der Waals surface area (Å²) in [6.45, 7) is 4.21. The largest absolute Gasteiger partial charge is 0.353 e. The van der Waals surface area contributed by atoms with Crippen molar-refractivity contribution in [3.63, 3.8) is 0 Å². The number of carbonyl (C=O) groups is 1. The van der Waals surface area contributed by atoms with Crippen molar-refractivity contribution in [2.24, 2.45) is 0 Å². The van der Waals surface area contributed by atoms with Gasteiger partial charge in [-0.1, -0.05) is 37.4 Å². The molecule has 27 heavy (non-hydrogen) atoms. The number of benzene rings is 1. The molecule has 0 aliphatic heterocycles. The van der Waals surface area contributed by atoms with E-state index in [2.05, 4.69) is 5.32 Å². The molecule has 1 aromatic rings. The van der Waals surface area contributed by atoms with Crippen molar-refractivity contribution in [1.82, 2.24) is 5.32 Å². The molecule has 5 nitrogen and oxygen atoms in total. The number of hydrogen-bond acceptors (Lipinski definition) is 4. The van der Waals surface area contributed by atoms with Gasteiger partial charge in [-0.3, -0.25) is 9.10 Å². The summed E-state index contributed by atoms with van der Waals surface area (Å²) in [5.74, 6) is 0.578. The van der Waals surface area contributed by atoms with Crippen LogP contribution in [0.25, 0.3) is 0 Å². The van der Waals surface area contributed by atoms with Gasteiger partial charge in [0.25, 0.3) is 0 Å². The third kappa shape index (κ3) is 6.29. The van der Waals surface area contributed by atoms with Crippen molar-refractivity contribution in [3.05, 3.63) is 28.8 Å². The monoisotopic (exact) mass is 432 g/mol. The second kappa shape index (κ2) is 10.0. The summed E-state index contributed by atoms with van der Waals surface area (Å²) >= 11 is 8.07. The van der Waals surface area contributed by atoms with Gasteiger partial charge in [0.1, 0.15) is 6.04 Å². The molecule has 0 spiro atoms. The Morgan fingerprint density at radius 1 is 1.37 bits per heavy atom. The van der Waals surface area contributed by atoms with Crippen molar-refractivity contribution in [1.29, 1.82) is 0 Å². The summed E-state index contributed by atoms with van der Waals surface area (Å²) in [5.41, 5.74) is 1.27. The molecule has 1 aliphatic carbocycles. The first-order chi connectivity index (χ1) is 12.7. The van der Waals surface area contributed by atoms with Crippen LogP contribution in [0, 0.1) is 6.92 Å². The zero-order valence-corrected chi connectivity index (χ0v) is 18.6. The lowest BCUT2D eigenvalue weighted by Gasteiger charge is -2.30. The van der Waals surface area contributed by atoms with E-state index in [1.165, 1.54) is 30.0 Å². The van der Waals surface area contributed by atoms with E-state index in [4.69, 9.17) is 11.6 Å². The lowest BCUT2D eigenvalue weighted by Crippen LogP contribution is -2.49. The first kappa shape index (κ1) is 22.4. The first-order valence-corrected chi connectivity index (χ1v) is 12.7. The Kier molecular flexibility index (Phi) is 8.31. The number of sulfonamides is 1. The summed E-state index contributed by atoms with van der Waals surface area (Å²) in [6, 6.07) is 4.26. The molecular weight excluding hydrogens is 404 g/mol. The van der Waals surface area contributed by atoms with Gasteiger partial charge >= 0.3 is 0 Å². The van der Waals surface area contributed by atoms with E-state index in [0.29, 0.717) is 28.9 Å². The number of rotatable bonds is 9. The number of nitrogens with zero attached hydrogens (tertiary/aromatic N) is 1. The van der Waals surface area contributed by atoms with Crippen LogP contribution in [-0.4, -0.2) is 44.2 Å². The van der Waals surface area contributed by atoms with Crippen molar-refractivity contribution in [3.8, 4) is 0 Å². The first-order valence-electron chi connectivity index (χ1n) is 9.39. The molecule has 1 aromatic carbocycles. The second-order valence-corrected chi connectivity index (χ2v) is 10.7. The maximum Gasteiger partial charge on any atom is 0.243 e. The fourth-order valence-electron chi connectivity index (χ4n) is 3.35. The van der Waals surface area contributed by atoms with Crippen LogP contribution in [0.5, 0.6) is 0 Å². The van der Waals surface area contributed by atoms with Gasteiger partial charge in [0.2, 0.25) is 15.9 Å². The van der Waals surface area contributed by atoms with E-state index in [0.717, 1.165) is 17.6 Å². The zero-order chi connectivity index (χ0) is 20.0. The van der Waals surface area contributed by atoms with Crippen molar-refractivity contribution in [2.75, 3.05) is 22.9 Å². The Bertz CT molecular complexity index is 749. The number of amides is 1. The predicted octanol–water partition coefficient (Wildman–Crippen LogP) is 3.99. The summed E-state index contributed by atoms with van der Waals surface area (Å²) in [5, 5.41) is 4.08. The minimum absolute atomic E-state index is 0.272. The fraction of sp³-hybridized carbons (Fsp3) is 0.632. The molecule has 8 heteroatoms. The third-order valence-electron chi connectivity index (χ3n) is 4.80. The molecule has 0 bridgehead atoms. The fourth-order valence-corrected chi connectivity index (χ4v) is 5.95. The highest BCUT2D eigenvalue weighted by Gasteiger charge is 2.31. The number of nitrogens with one attached hydrogen (secondary N) is 1. The number of hydrogen-bond donors (Lipinski definition) is 1. The van der Waals surface area contributed by atoms with Gasteiger partial charge < -0.3 is 5.32 Å². The van der Waals surface area contributed by atoms with Gasteiger partial charge in [-0.25, -0.2) is 8.42 Å². The molecule has 0 heterocycles. The van der Waals surface area contributed by atoms with Gasteiger partial charge in [-0.05, 0) is 43.9 Å². The van der Waals surface area contributed by atoms with E-state index in [1.807, 2.05) is 25.6 Å². The third-order valence-corrected chi connectivity index (χ3v) is 7.77. The summed E-state index contributed by atoms with van der Waals surface area (Å²) < 4.78 is 26.0. The molecule has 1 fully saturated rings. The van der Waals surface area contributed by atoms with Gasteiger partial charge in [-0.15, -0.1) is 0 Å². The van der Waals surface area contributed by atoms with Crippen LogP contribution in [-0.2, 0) is 14.8 Å². The standard InChI is InChI=1S/C19H29ClN2O3S2/c1-4-18(19(23)21-11-12-26-16-7-5-6-8-16)22(27(3,24)25)15-10-9-14(2)17(20)13-15/h9-10,13,16,18H,4-8,11-12H2,1-3H3,(H,21,23)/t18-/m0/s1. The average molecular weight is 433 g/mol. The Morgan fingerprint density at radius 2 is 2.04 bits per heavy atom. The maximum atomic E-state index is 12.7. The van der Waals surface area contributed by atoms with Crippen molar-refractivity contribution >= 4 is 45.0 Å². The van der Waals surface area contributed by atoms with Crippen molar-refractivity contribution in [2.45, 2.75) is 57.2 Å². The maximum absolute atomic E-state index is 12.7. The van der Waals surface area contributed by atoms with Gasteiger partial charge in [0.15, 0.2) is 0 Å². The predicted molar refractivity (Wildman–Crippen MR) is 115 cm³/mol. The van der Waals surface area contributed by atoms with Crippen LogP contribution in [0.1, 0.15) is 44.6 Å². The molecule has 2 rings (SSSR count). The van der Waals surface area contributed by atoms with Gasteiger partial charge in [0.05, 0.1) is 11.9 Å². The molecule has 1 aliphatic rings. The van der Waals surface area contributed by atoms with Crippen LogP contribution in [0.2, 0.25) is 5.02 Å². The minimum atomic E-state index is -3.64. The molecule has 0 radical (unpaired) electrons.